The summed E-state index contributed by atoms with van der Waals surface area (Å²) >= 11 is 0. The van der Waals surface area contributed by atoms with Crippen LogP contribution in [0.15, 0.2) is 42.5 Å². The van der Waals surface area contributed by atoms with E-state index < -0.39 is 0 Å². The molecule has 0 atom stereocenters. The Bertz CT molecular complexity index is 827. The number of hydrogen-bond donors (Lipinski definition) is 1. The van der Waals surface area contributed by atoms with Crippen LogP contribution in [0.4, 0.5) is 17.1 Å². The minimum Gasteiger partial charge on any atom is -0.366 e. The number of nitro benzene ring substituents is 1. The molecular formula is C20H23N3O3. The molecule has 0 aliphatic carbocycles. The normalized spacial score (nSPS) is 14.9. The van der Waals surface area contributed by atoms with Crippen LogP contribution in [0, 0.1) is 29.9 Å². The van der Waals surface area contributed by atoms with E-state index in [2.05, 4.69) is 5.32 Å². The third-order valence-electron chi connectivity index (χ3n) is 4.92. The minimum atomic E-state index is -0.353. The van der Waals surface area contributed by atoms with Gasteiger partial charge >= 0.3 is 0 Å². The quantitative estimate of drug-likeness (QED) is 0.664. The van der Waals surface area contributed by atoms with Crippen LogP contribution in [0.25, 0.3) is 0 Å². The van der Waals surface area contributed by atoms with E-state index in [0.29, 0.717) is 31.6 Å². The van der Waals surface area contributed by atoms with Gasteiger partial charge in [0.2, 0.25) is 5.91 Å². The molecule has 26 heavy (non-hydrogen) atoms. The zero-order valence-corrected chi connectivity index (χ0v) is 15.1. The summed E-state index contributed by atoms with van der Waals surface area (Å²) in [6.07, 6.45) is 1.37. The number of amides is 1. The molecular weight excluding hydrogens is 330 g/mol. The van der Waals surface area contributed by atoms with Gasteiger partial charge in [-0.3, -0.25) is 14.9 Å². The molecule has 1 aliphatic rings. The number of nitro groups is 1. The van der Waals surface area contributed by atoms with Crippen molar-refractivity contribution in [3.05, 3.63) is 63.7 Å². The van der Waals surface area contributed by atoms with Crippen molar-refractivity contribution in [3.63, 3.8) is 0 Å². The van der Waals surface area contributed by atoms with Gasteiger partial charge in [0, 0.05) is 30.8 Å². The van der Waals surface area contributed by atoms with Gasteiger partial charge in [0.1, 0.15) is 5.69 Å². The van der Waals surface area contributed by atoms with Gasteiger partial charge in [-0.2, -0.15) is 0 Å². The first-order chi connectivity index (χ1) is 12.5. The van der Waals surface area contributed by atoms with Gasteiger partial charge in [-0.15, -0.1) is 0 Å². The van der Waals surface area contributed by atoms with Crippen LogP contribution in [0.1, 0.15) is 24.0 Å². The van der Waals surface area contributed by atoms with E-state index in [1.807, 2.05) is 36.9 Å². The summed E-state index contributed by atoms with van der Waals surface area (Å²) < 4.78 is 0. The second kappa shape index (κ2) is 7.56. The predicted molar refractivity (Wildman–Crippen MR) is 103 cm³/mol. The van der Waals surface area contributed by atoms with Crippen LogP contribution >= 0.6 is 0 Å². The Hall–Kier alpha value is -2.89. The Morgan fingerprint density at radius 2 is 1.85 bits per heavy atom. The van der Waals surface area contributed by atoms with Crippen LogP contribution in [0.2, 0.25) is 0 Å². The summed E-state index contributed by atoms with van der Waals surface area (Å²) in [7, 11) is 0. The van der Waals surface area contributed by atoms with E-state index in [1.165, 1.54) is 11.6 Å². The number of rotatable bonds is 4. The topological polar surface area (TPSA) is 75.5 Å². The van der Waals surface area contributed by atoms with E-state index >= 15 is 0 Å². The fourth-order valence-electron chi connectivity index (χ4n) is 3.46. The number of aryl methyl sites for hydroxylation is 2. The van der Waals surface area contributed by atoms with Gasteiger partial charge in [-0.1, -0.05) is 29.8 Å². The molecule has 6 nitrogen and oxygen atoms in total. The maximum Gasteiger partial charge on any atom is 0.292 e. The lowest BCUT2D eigenvalue weighted by molar-refractivity contribution is -0.384. The van der Waals surface area contributed by atoms with Gasteiger partial charge in [-0.05, 0) is 44.4 Å². The van der Waals surface area contributed by atoms with Crippen molar-refractivity contribution in [3.8, 4) is 0 Å². The molecule has 0 unspecified atom stereocenters. The predicted octanol–water partition coefficient (Wildman–Crippen LogP) is 4.07. The van der Waals surface area contributed by atoms with E-state index in [9.17, 15) is 14.9 Å². The van der Waals surface area contributed by atoms with E-state index in [-0.39, 0.29) is 22.4 Å². The number of nitrogens with one attached hydrogen (secondary N) is 1. The van der Waals surface area contributed by atoms with Crippen molar-refractivity contribution in [1.82, 2.24) is 0 Å². The molecule has 0 saturated carbocycles. The Balaban J connectivity index is 1.63. The molecule has 2 aromatic rings. The van der Waals surface area contributed by atoms with E-state index in [0.717, 1.165) is 11.3 Å². The highest BCUT2D eigenvalue weighted by molar-refractivity contribution is 5.93. The van der Waals surface area contributed by atoms with Crippen molar-refractivity contribution in [1.29, 1.82) is 0 Å². The molecule has 1 heterocycles. The molecule has 136 valence electrons. The smallest absolute Gasteiger partial charge is 0.292 e. The number of anilines is 2. The molecule has 0 spiro atoms. The molecule has 0 bridgehead atoms. The maximum atomic E-state index is 12.6. The zero-order chi connectivity index (χ0) is 18.7. The van der Waals surface area contributed by atoms with Crippen molar-refractivity contribution >= 4 is 23.0 Å². The number of carbonyl (C=O) groups excluding carboxylic acids is 1. The second-order valence-electron chi connectivity index (χ2n) is 6.81. The van der Waals surface area contributed by atoms with E-state index in [4.69, 9.17) is 0 Å². The number of benzene rings is 2. The first-order valence-electron chi connectivity index (χ1n) is 8.82. The first-order valence-corrected chi connectivity index (χ1v) is 8.82. The Morgan fingerprint density at radius 1 is 1.15 bits per heavy atom. The second-order valence-corrected chi connectivity index (χ2v) is 6.81. The number of hydrogen-bond acceptors (Lipinski definition) is 4. The summed E-state index contributed by atoms with van der Waals surface area (Å²) in [4.78, 5) is 25.4. The average molecular weight is 353 g/mol. The van der Waals surface area contributed by atoms with Crippen molar-refractivity contribution in [2.45, 2.75) is 26.7 Å². The monoisotopic (exact) mass is 353 g/mol. The van der Waals surface area contributed by atoms with Crippen LogP contribution in [0.3, 0.4) is 0 Å². The van der Waals surface area contributed by atoms with Crippen molar-refractivity contribution in [2.24, 2.45) is 5.92 Å². The number of para-hydroxylation sites is 2. The first kappa shape index (κ1) is 17.9. The standard InChI is InChI=1S/C20H23N3O3/c1-14-7-8-17(15(2)13-14)21-20(24)16-9-11-22(12-10-16)18-5-3-4-6-19(18)23(25)26/h3-8,13,16H,9-12H2,1-2H3,(H,21,24). The Kier molecular flexibility index (Phi) is 5.21. The fraction of sp³-hybridized carbons (Fsp3) is 0.350. The molecule has 1 N–H and O–H groups in total. The molecule has 1 aliphatic heterocycles. The average Bonchev–Trinajstić information content (AvgIpc) is 2.64. The van der Waals surface area contributed by atoms with Gasteiger partial charge in [-0.25, -0.2) is 0 Å². The van der Waals surface area contributed by atoms with Gasteiger partial charge < -0.3 is 10.2 Å². The molecule has 1 amide bonds. The third kappa shape index (κ3) is 3.85. The van der Waals surface area contributed by atoms with Crippen LogP contribution < -0.4 is 10.2 Å². The summed E-state index contributed by atoms with van der Waals surface area (Å²) in [6.45, 7) is 5.28. The largest absolute Gasteiger partial charge is 0.366 e. The summed E-state index contributed by atoms with van der Waals surface area (Å²) in [6, 6.07) is 12.7. The van der Waals surface area contributed by atoms with Crippen LogP contribution in [0.5, 0.6) is 0 Å². The molecule has 6 heteroatoms. The lowest BCUT2D eigenvalue weighted by Gasteiger charge is -2.32. The molecule has 1 saturated heterocycles. The van der Waals surface area contributed by atoms with Crippen LogP contribution in [-0.4, -0.2) is 23.9 Å². The minimum absolute atomic E-state index is 0.0270. The Labute approximate surface area is 153 Å². The lowest BCUT2D eigenvalue weighted by Crippen LogP contribution is -2.38. The highest BCUT2D eigenvalue weighted by Gasteiger charge is 2.28. The van der Waals surface area contributed by atoms with Gasteiger partial charge in [0.15, 0.2) is 0 Å². The highest BCUT2D eigenvalue weighted by atomic mass is 16.6. The molecule has 0 aromatic heterocycles. The van der Waals surface area contributed by atoms with Crippen molar-refractivity contribution < 1.29 is 9.72 Å². The van der Waals surface area contributed by atoms with Gasteiger partial charge in [0.05, 0.1) is 4.92 Å². The third-order valence-corrected chi connectivity index (χ3v) is 4.92. The van der Waals surface area contributed by atoms with Crippen LogP contribution in [-0.2, 0) is 4.79 Å². The number of carbonyl (C=O) groups is 1. The number of piperidine rings is 1. The summed E-state index contributed by atoms with van der Waals surface area (Å²) in [5.74, 6) is -0.0473. The zero-order valence-electron chi connectivity index (χ0n) is 15.1. The Morgan fingerprint density at radius 3 is 2.50 bits per heavy atom. The van der Waals surface area contributed by atoms with Crippen molar-refractivity contribution in [2.75, 3.05) is 23.3 Å². The number of nitrogens with zero attached hydrogens (tertiary/aromatic N) is 2. The van der Waals surface area contributed by atoms with Gasteiger partial charge in [0.25, 0.3) is 5.69 Å². The molecule has 1 fully saturated rings. The molecule has 3 rings (SSSR count). The highest BCUT2D eigenvalue weighted by Crippen LogP contribution is 2.31. The SMILES string of the molecule is Cc1ccc(NC(=O)C2CCN(c3ccccc3[N+](=O)[O-])CC2)c(C)c1. The molecule has 0 radical (unpaired) electrons. The summed E-state index contributed by atoms with van der Waals surface area (Å²) in [5.41, 5.74) is 3.81. The summed E-state index contributed by atoms with van der Waals surface area (Å²) in [5, 5.41) is 14.2. The maximum absolute atomic E-state index is 12.6. The molecule has 2 aromatic carbocycles. The lowest BCUT2D eigenvalue weighted by atomic mass is 9.95. The van der Waals surface area contributed by atoms with E-state index in [1.54, 1.807) is 18.2 Å². The fourth-order valence-corrected chi connectivity index (χ4v) is 3.46.